The number of anilines is 1. The van der Waals surface area contributed by atoms with Gasteiger partial charge >= 0.3 is 5.69 Å². The molecule has 1 aromatic heterocycles. The Kier molecular flexibility index (Phi) is 3.20. The maximum Gasteiger partial charge on any atom is 0.343 e. The van der Waals surface area contributed by atoms with Gasteiger partial charge in [-0.2, -0.15) is 0 Å². The van der Waals surface area contributed by atoms with Gasteiger partial charge in [0.25, 0.3) is 5.91 Å². The van der Waals surface area contributed by atoms with Crippen molar-refractivity contribution in [3.05, 3.63) is 45.1 Å². The van der Waals surface area contributed by atoms with Crippen molar-refractivity contribution in [3.8, 4) is 0 Å². The number of benzene rings is 1. The number of carbonyl (C=O) groups is 1. The molecule has 18 heavy (non-hydrogen) atoms. The standard InChI is InChI=1S/C11H11ClN4O2/c1-6-3-4-7(12)5-8(6)13-10(17)9-14-11(18)16(2)15-9/h3-5H,1-2H3,(H,13,17)(H,14,15,18). The predicted molar refractivity (Wildman–Crippen MR) is 68.0 cm³/mol. The highest BCUT2D eigenvalue weighted by atomic mass is 35.5. The van der Waals surface area contributed by atoms with Gasteiger partial charge in [0, 0.05) is 17.8 Å². The molecule has 0 fully saturated rings. The molecule has 7 heteroatoms. The van der Waals surface area contributed by atoms with E-state index in [9.17, 15) is 9.59 Å². The maximum absolute atomic E-state index is 11.8. The lowest BCUT2D eigenvalue weighted by molar-refractivity contribution is 0.101. The molecule has 0 aliphatic carbocycles. The van der Waals surface area contributed by atoms with Crippen LogP contribution < -0.4 is 11.0 Å². The molecule has 0 saturated carbocycles. The minimum atomic E-state index is -0.488. The first-order chi connectivity index (χ1) is 8.47. The lowest BCUT2D eigenvalue weighted by Crippen LogP contribution is -2.15. The summed E-state index contributed by atoms with van der Waals surface area (Å²) in [6, 6.07) is 5.16. The molecule has 6 nitrogen and oxygen atoms in total. The summed E-state index contributed by atoms with van der Waals surface area (Å²) >= 11 is 5.85. The predicted octanol–water partition coefficient (Wildman–Crippen LogP) is 1.32. The summed E-state index contributed by atoms with van der Waals surface area (Å²) in [6.07, 6.45) is 0. The van der Waals surface area contributed by atoms with Crippen LogP contribution in [0, 0.1) is 6.92 Å². The molecule has 2 rings (SSSR count). The smallest absolute Gasteiger partial charge is 0.319 e. The zero-order valence-corrected chi connectivity index (χ0v) is 10.6. The SMILES string of the molecule is Cc1ccc(Cl)cc1NC(=O)c1nn(C)c(=O)[nH]1. The molecule has 0 unspecified atom stereocenters. The van der Waals surface area contributed by atoms with Gasteiger partial charge in [-0.25, -0.2) is 9.48 Å². The fourth-order valence-corrected chi connectivity index (χ4v) is 1.59. The average molecular weight is 267 g/mol. The summed E-state index contributed by atoms with van der Waals surface area (Å²) in [4.78, 5) is 25.4. The summed E-state index contributed by atoms with van der Waals surface area (Å²) in [5.41, 5.74) is 1.01. The van der Waals surface area contributed by atoms with Crippen molar-refractivity contribution in [1.29, 1.82) is 0 Å². The van der Waals surface area contributed by atoms with Gasteiger partial charge in [0.2, 0.25) is 5.82 Å². The molecule has 0 aliphatic heterocycles. The first-order valence-corrected chi connectivity index (χ1v) is 5.56. The van der Waals surface area contributed by atoms with E-state index in [1.807, 2.05) is 6.92 Å². The molecule has 0 bridgehead atoms. The lowest BCUT2D eigenvalue weighted by Gasteiger charge is -2.06. The van der Waals surface area contributed by atoms with Crippen LogP contribution in [0.3, 0.4) is 0 Å². The molecular formula is C11H11ClN4O2. The monoisotopic (exact) mass is 266 g/mol. The van der Waals surface area contributed by atoms with Crippen LogP contribution in [0.1, 0.15) is 16.2 Å². The average Bonchev–Trinajstić information content (AvgIpc) is 2.64. The zero-order valence-electron chi connectivity index (χ0n) is 9.82. The first-order valence-electron chi connectivity index (χ1n) is 5.18. The van der Waals surface area contributed by atoms with Crippen molar-refractivity contribution < 1.29 is 4.79 Å². The van der Waals surface area contributed by atoms with Crippen LogP contribution in [-0.2, 0) is 7.05 Å². The van der Waals surface area contributed by atoms with Crippen LogP contribution in [0.25, 0.3) is 0 Å². The first kappa shape index (κ1) is 12.4. The highest BCUT2D eigenvalue weighted by Gasteiger charge is 2.13. The minimum absolute atomic E-state index is 0.0399. The van der Waals surface area contributed by atoms with Crippen molar-refractivity contribution in [2.45, 2.75) is 6.92 Å². The van der Waals surface area contributed by atoms with Crippen molar-refractivity contribution in [3.63, 3.8) is 0 Å². The third-order valence-corrected chi connectivity index (χ3v) is 2.67. The van der Waals surface area contributed by atoms with Gasteiger partial charge in [0.1, 0.15) is 0 Å². The highest BCUT2D eigenvalue weighted by Crippen LogP contribution is 2.20. The van der Waals surface area contributed by atoms with Gasteiger partial charge in [-0.1, -0.05) is 17.7 Å². The number of carbonyl (C=O) groups excluding carboxylic acids is 1. The molecule has 1 aromatic carbocycles. The molecule has 2 aromatic rings. The van der Waals surface area contributed by atoms with Crippen LogP contribution in [0.5, 0.6) is 0 Å². The summed E-state index contributed by atoms with van der Waals surface area (Å²) in [5, 5.41) is 6.92. The molecule has 0 saturated heterocycles. The Labute approximate surface area is 108 Å². The van der Waals surface area contributed by atoms with E-state index in [-0.39, 0.29) is 5.82 Å². The quantitative estimate of drug-likeness (QED) is 0.860. The molecule has 2 N–H and O–H groups in total. The number of H-pyrrole nitrogens is 1. The van der Waals surface area contributed by atoms with E-state index in [0.29, 0.717) is 10.7 Å². The Hall–Kier alpha value is -2.08. The van der Waals surface area contributed by atoms with Crippen LogP contribution in [-0.4, -0.2) is 20.7 Å². The van der Waals surface area contributed by atoms with E-state index < -0.39 is 11.6 Å². The van der Waals surface area contributed by atoms with E-state index in [0.717, 1.165) is 10.2 Å². The van der Waals surface area contributed by atoms with Crippen molar-refractivity contribution in [2.75, 3.05) is 5.32 Å². The molecule has 1 heterocycles. The maximum atomic E-state index is 11.8. The van der Waals surface area contributed by atoms with Gasteiger partial charge < -0.3 is 5.32 Å². The van der Waals surface area contributed by atoms with Gasteiger partial charge in [-0.3, -0.25) is 9.78 Å². The Morgan fingerprint density at radius 2 is 2.22 bits per heavy atom. The van der Waals surface area contributed by atoms with Gasteiger partial charge in [0.05, 0.1) is 0 Å². The number of nitrogens with one attached hydrogen (secondary N) is 2. The van der Waals surface area contributed by atoms with Crippen molar-refractivity contribution in [1.82, 2.24) is 14.8 Å². The number of nitrogens with zero attached hydrogens (tertiary/aromatic N) is 2. The second-order valence-corrected chi connectivity index (χ2v) is 4.25. The summed E-state index contributed by atoms with van der Waals surface area (Å²) < 4.78 is 1.06. The van der Waals surface area contributed by atoms with E-state index in [2.05, 4.69) is 15.4 Å². The molecule has 0 atom stereocenters. The molecule has 0 aliphatic rings. The molecule has 1 amide bonds. The third-order valence-electron chi connectivity index (χ3n) is 2.43. The number of aryl methyl sites for hydroxylation is 2. The molecule has 0 radical (unpaired) electrons. The number of hydrogen-bond donors (Lipinski definition) is 2. The molecule has 94 valence electrons. The van der Waals surface area contributed by atoms with Crippen molar-refractivity contribution >= 4 is 23.2 Å². The second-order valence-electron chi connectivity index (χ2n) is 3.82. The second kappa shape index (κ2) is 4.66. The topological polar surface area (TPSA) is 79.8 Å². The minimum Gasteiger partial charge on any atom is -0.319 e. The van der Waals surface area contributed by atoms with Gasteiger partial charge in [-0.05, 0) is 24.6 Å². The summed E-state index contributed by atoms with van der Waals surface area (Å²) in [6.45, 7) is 1.84. The van der Waals surface area contributed by atoms with Crippen molar-refractivity contribution in [2.24, 2.45) is 7.05 Å². The van der Waals surface area contributed by atoms with E-state index >= 15 is 0 Å². The fourth-order valence-electron chi connectivity index (χ4n) is 1.42. The van der Waals surface area contributed by atoms with E-state index in [4.69, 9.17) is 11.6 Å². The fraction of sp³-hybridized carbons (Fsp3) is 0.182. The van der Waals surface area contributed by atoms with Crippen LogP contribution in [0.4, 0.5) is 5.69 Å². The Morgan fingerprint density at radius 3 is 2.83 bits per heavy atom. The number of rotatable bonds is 2. The molecule has 0 spiro atoms. The summed E-state index contributed by atoms with van der Waals surface area (Å²) in [5.74, 6) is -0.528. The third kappa shape index (κ3) is 2.43. The van der Waals surface area contributed by atoms with Gasteiger partial charge in [0.15, 0.2) is 0 Å². The zero-order chi connectivity index (χ0) is 13.3. The normalized spacial score (nSPS) is 10.4. The van der Waals surface area contributed by atoms with E-state index in [1.165, 1.54) is 7.05 Å². The summed E-state index contributed by atoms with van der Waals surface area (Å²) in [7, 11) is 1.46. The van der Waals surface area contributed by atoms with Crippen LogP contribution >= 0.6 is 11.6 Å². The van der Waals surface area contributed by atoms with Gasteiger partial charge in [-0.15, -0.1) is 5.10 Å². The number of aromatic nitrogens is 3. The van der Waals surface area contributed by atoms with Crippen LogP contribution in [0.15, 0.2) is 23.0 Å². The number of amides is 1. The van der Waals surface area contributed by atoms with Crippen LogP contribution in [0.2, 0.25) is 5.02 Å². The largest absolute Gasteiger partial charge is 0.343 e. The Bertz CT molecular complexity index is 659. The number of hydrogen-bond acceptors (Lipinski definition) is 3. The van der Waals surface area contributed by atoms with E-state index in [1.54, 1.807) is 18.2 Å². The lowest BCUT2D eigenvalue weighted by atomic mass is 10.2. The number of halogens is 1. The highest BCUT2D eigenvalue weighted by molar-refractivity contribution is 6.31. The molecular weight excluding hydrogens is 256 g/mol. The number of aromatic amines is 1. The Morgan fingerprint density at radius 1 is 1.50 bits per heavy atom. The Balaban J connectivity index is 2.26.